The van der Waals surface area contributed by atoms with Crippen LogP contribution in [0.25, 0.3) is 0 Å². The van der Waals surface area contributed by atoms with Crippen molar-refractivity contribution < 1.29 is 13.9 Å². The SMILES string of the molecule is Cc1cc(Cl)ccc1OC(C)C(=O)NN=Cc1ccc(F)cc1. The number of hydrogen-bond donors (Lipinski definition) is 1. The van der Waals surface area contributed by atoms with E-state index in [0.29, 0.717) is 16.3 Å². The molecule has 4 nitrogen and oxygen atoms in total. The molecule has 2 rings (SSSR count). The van der Waals surface area contributed by atoms with Crippen molar-refractivity contribution in [3.63, 3.8) is 0 Å². The molecule has 1 unspecified atom stereocenters. The van der Waals surface area contributed by atoms with E-state index in [1.165, 1.54) is 18.3 Å². The molecule has 2 aromatic rings. The maximum absolute atomic E-state index is 12.8. The van der Waals surface area contributed by atoms with Gasteiger partial charge in [0.1, 0.15) is 11.6 Å². The fourth-order valence-corrected chi connectivity index (χ4v) is 2.03. The van der Waals surface area contributed by atoms with Crippen molar-refractivity contribution in [3.05, 3.63) is 64.4 Å². The quantitative estimate of drug-likeness (QED) is 0.669. The number of benzene rings is 2. The van der Waals surface area contributed by atoms with Gasteiger partial charge in [0, 0.05) is 5.02 Å². The molecule has 0 aromatic heterocycles. The van der Waals surface area contributed by atoms with E-state index in [1.54, 1.807) is 37.3 Å². The number of aryl methyl sites for hydroxylation is 1. The summed E-state index contributed by atoms with van der Waals surface area (Å²) in [6, 6.07) is 10.9. The third kappa shape index (κ3) is 5.07. The van der Waals surface area contributed by atoms with Gasteiger partial charge in [-0.25, -0.2) is 9.82 Å². The molecule has 0 radical (unpaired) electrons. The molecule has 0 spiro atoms. The van der Waals surface area contributed by atoms with Gasteiger partial charge in [-0.1, -0.05) is 23.7 Å². The lowest BCUT2D eigenvalue weighted by atomic mass is 10.2. The van der Waals surface area contributed by atoms with E-state index < -0.39 is 12.0 Å². The molecule has 0 saturated carbocycles. The number of nitrogens with one attached hydrogen (secondary N) is 1. The zero-order chi connectivity index (χ0) is 16.8. The van der Waals surface area contributed by atoms with Crippen molar-refractivity contribution in [2.75, 3.05) is 0 Å². The summed E-state index contributed by atoms with van der Waals surface area (Å²) in [5, 5.41) is 4.43. The Labute approximate surface area is 138 Å². The van der Waals surface area contributed by atoms with Gasteiger partial charge >= 0.3 is 0 Å². The molecular formula is C17H16ClFN2O2. The summed E-state index contributed by atoms with van der Waals surface area (Å²) in [5.41, 5.74) is 3.90. The molecule has 6 heteroatoms. The van der Waals surface area contributed by atoms with Crippen LogP contribution >= 0.6 is 11.6 Å². The molecule has 0 heterocycles. The first-order chi connectivity index (χ1) is 11.0. The summed E-state index contributed by atoms with van der Waals surface area (Å²) in [7, 11) is 0. The van der Waals surface area contributed by atoms with Crippen LogP contribution in [-0.2, 0) is 4.79 Å². The van der Waals surface area contributed by atoms with E-state index >= 15 is 0 Å². The van der Waals surface area contributed by atoms with Crippen molar-refractivity contribution in [2.45, 2.75) is 20.0 Å². The Balaban J connectivity index is 1.90. The Morgan fingerprint density at radius 1 is 1.30 bits per heavy atom. The molecule has 0 aliphatic carbocycles. The number of nitrogens with zero attached hydrogens (tertiary/aromatic N) is 1. The van der Waals surface area contributed by atoms with Gasteiger partial charge in [-0.3, -0.25) is 4.79 Å². The molecule has 1 amide bonds. The number of ether oxygens (including phenoxy) is 1. The van der Waals surface area contributed by atoms with Crippen LogP contribution in [-0.4, -0.2) is 18.2 Å². The van der Waals surface area contributed by atoms with E-state index in [0.717, 1.165) is 5.56 Å². The second-order valence-electron chi connectivity index (χ2n) is 4.96. The summed E-state index contributed by atoms with van der Waals surface area (Å²) in [4.78, 5) is 11.9. The Bertz CT molecular complexity index is 717. The molecule has 0 aliphatic rings. The largest absolute Gasteiger partial charge is 0.481 e. The van der Waals surface area contributed by atoms with Crippen LogP contribution < -0.4 is 10.2 Å². The highest BCUT2D eigenvalue weighted by Crippen LogP contribution is 2.22. The fourth-order valence-electron chi connectivity index (χ4n) is 1.80. The second-order valence-corrected chi connectivity index (χ2v) is 5.39. The molecule has 0 aliphatic heterocycles. The molecule has 0 fully saturated rings. The first-order valence-corrected chi connectivity index (χ1v) is 7.35. The summed E-state index contributed by atoms with van der Waals surface area (Å²) in [5.74, 6) is -0.135. The maximum Gasteiger partial charge on any atom is 0.280 e. The topological polar surface area (TPSA) is 50.7 Å². The number of halogens is 2. The van der Waals surface area contributed by atoms with Crippen LogP contribution in [0.5, 0.6) is 5.75 Å². The number of hydrogen-bond acceptors (Lipinski definition) is 3. The Morgan fingerprint density at radius 2 is 2.00 bits per heavy atom. The minimum absolute atomic E-state index is 0.327. The van der Waals surface area contributed by atoms with Gasteiger partial charge in [-0.2, -0.15) is 5.10 Å². The first kappa shape index (κ1) is 17.0. The maximum atomic E-state index is 12.8. The van der Waals surface area contributed by atoms with E-state index in [1.807, 2.05) is 6.92 Å². The van der Waals surface area contributed by atoms with Gasteiger partial charge in [-0.05, 0) is 55.3 Å². The lowest BCUT2D eigenvalue weighted by Gasteiger charge is -2.14. The van der Waals surface area contributed by atoms with Crippen molar-refractivity contribution in [1.82, 2.24) is 5.43 Å². The van der Waals surface area contributed by atoms with Crippen molar-refractivity contribution >= 4 is 23.7 Å². The molecule has 2 aromatic carbocycles. The van der Waals surface area contributed by atoms with Crippen LogP contribution in [0.15, 0.2) is 47.6 Å². The average molecular weight is 335 g/mol. The molecule has 1 N–H and O–H groups in total. The minimum Gasteiger partial charge on any atom is -0.481 e. The van der Waals surface area contributed by atoms with Crippen LogP contribution in [0.1, 0.15) is 18.1 Å². The van der Waals surface area contributed by atoms with E-state index in [2.05, 4.69) is 10.5 Å². The van der Waals surface area contributed by atoms with Gasteiger partial charge in [0.2, 0.25) is 0 Å². The fraction of sp³-hybridized carbons (Fsp3) is 0.176. The van der Waals surface area contributed by atoms with Crippen LogP contribution in [0.3, 0.4) is 0 Å². The normalized spacial score (nSPS) is 12.2. The Morgan fingerprint density at radius 3 is 2.65 bits per heavy atom. The summed E-state index contributed by atoms with van der Waals surface area (Å²) < 4.78 is 18.4. The second kappa shape index (κ2) is 7.74. The van der Waals surface area contributed by atoms with Crippen LogP contribution in [0.4, 0.5) is 4.39 Å². The predicted octanol–water partition coefficient (Wildman–Crippen LogP) is 3.71. The zero-order valence-electron chi connectivity index (χ0n) is 12.7. The third-order valence-electron chi connectivity index (χ3n) is 3.07. The van der Waals surface area contributed by atoms with Gasteiger partial charge in [0.25, 0.3) is 5.91 Å². The van der Waals surface area contributed by atoms with E-state index in [9.17, 15) is 9.18 Å². The molecule has 1 atom stereocenters. The monoisotopic (exact) mass is 334 g/mol. The molecule has 23 heavy (non-hydrogen) atoms. The number of hydrazone groups is 1. The Kier molecular flexibility index (Phi) is 5.71. The van der Waals surface area contributed by atoms with E-state index in [-0.39, 0.29) is 5.82 Å². The molecule has 120 valence electrons. The minimum atomic E-state index is -0.722. The number of carbonyl (C=O) groups is 1. The lowest BCUT2D eigenvalue weighted by Crippen LogP contribution is -2.33. The van der Waals surface area contributed by atoms with Crippen molar-refractivity contribution in [1.29, 1.82) is 0 Å². The highest BCUT2D eigenvalue weighted by atomic mass is 35.5. The van der Waals surface area contributed by atoms with Crippen molar-refractivity contribution in [3.8, 4) is 5.75 Å². The zero-order valence-corrected chi connectivity index (χ0v) is 13.5. The van der Waals surface area contributed by atoms with Gasteiger partial charge in [0.05, 0.1) is 6.21 Å². The van der Waals surface area contributed by atoms with Crippen molar-refractivity contribution in [2.24, 2.45) is 5.10 Å². The smallest absolute Gasteiger partial charge is 0.280 e. The Hall–Kier alpha value is -2.40. The summed E-state index contributed by atoms with van der Waals surface area (Å²) >= 11 is 5.88. The van der Waals surface area contributed by atoms with Gasteiger partial charge in [-0.15, -0.1) is 0 Å². The number of carbonyl (C=O) groups excluding carboxylic acids is 1. The number of rotatable bonds is 5. The standard InChI is InChI=1S/C17H16ClFN2O2/c1-11-9-14(18)5-8-16(11)23-12(2)17(22)21-20-10-13-3-6-15(19)7-4-13/h3-10,12H,1-2H3,(H,21,22). The molecule has 0 bridgehead atoms. The molecular weight excluding hydrogens is 319 g/mol. The molecule has 0 saturated heterocycles. The van der Waals surface area contributed by atoms with Crippen LogP contribution in [0, 0.1) is 12.7 Å². The highest BCUT2D eigenvalue weighted by molar-refractivity contribution is 6.30. The summed E-state index contributed by atoms with van der Waals surface area (Å²) in [6.45, 7) is 3.47. The summed E-state index contributed by atoms with van der Waals surface area (Å²) in [6.07, 6.45) is 0.706. The first-order valence-electron chi connectivity index (χ1n) is 6.97. The van der Waals surface area contributed by atoms with Gasteiger partial charge < -0.3 is 4.74 Å². The highest BCUT2D eigenvalue weighted by Gasteiger charge is 2.15. The van der Waals surface area contributed by atoms with Crippen LogP contribution in [0.2, 0.25) is 5.02 Å². The average Bonchev–Trinajstić information content (AvgIpc) is 2.51. The van der Waals surface area contributed by atoms with Gasteiger partial charge in [0.15, 0.2) is 6.10 Å². The van der Waals surface area contributed by atoms with E-state index in [4.69, 9.17) is 16.3 Å². The predicted molar refractivity (Wildman–Crippen MR) is 88.4 cm³/mol. The third-order valence-corrected chi connectivity index (χ3v) is 3.30. The number of amides is 1. The lowest BCUT2D eigenvalue weighted by molar-refractivity contribution is -0.127.